The average Bonchev–Trinajstić information content (AvgIpc) is 2.97. The second-order valence-electron chi connectivity index (χ2n) is 5.01. The number of carbonyl (C=O) groups excluding carboxylic acids is 1. The van der Waals surface area contributed by atoms with Gasteiger partial charge in [0.15, 0.2) is 0 Å². The van der Waals surface area contributed by atoms with Crippen LogP contribution in [0.1, 0.15) is 16.8 Å². The van der Waals surface area contributed by atoms with E-state index in [1.807, 2.05) is 18.3 Å². The number of amides is 1. The maximum Gasteiger partial charge on any atom is 0.253 e. The monoisotopic (exact) mass is 346 g/mol. The predicted octanol–water partition coefficient (Wildman–Crippen LogP) is 2.25. The van der Waals surface area contributed by atoms with Crippen LogP contribution < -0.4 is 10.2 Å². The van der Waals surface area contributed by atoms with Gasteiger partial charge in [0.25, 0.3) is 5.91 Å². The summed E-state index contributed by atoms with van der Waals surface area (Å²) < 4.78 is 0.804. The van der Waals surface area contributed by atoms with E-state index in [0.717, 1.165) is 29.7 Å². The van der Waals surface area contributed by atoms with Crippen LogP contribution in [0.4, 0.5) is 5.69 Å². The molecule has 0 saturated carbocycles. The lowest BCUT2D eigenvalue weighted by molar-refractivity contribution is 0.0940. The second kappa shape index (κ2) is 6.22. The molecule has 1 aliphatic heterocycles. The van der Waals surface area contributed by atoms with Crippen LogP contribution >= 0.6 is 15.9 Å². The van der Waals surface area contributed by atoms with Crippen molar-refractivity contribution in [2.45, 2.75) is 12.5 Å². The Hall–Kier alpha value is -1.95. The van der Waals surface area contributed by atoms with Crippen LogP contribution in [-0.4, -0.2) is 35.0 Å². The first-order valence-electron chi connectivity index (χ1n) is 6.79. The Morgan fingerprint density at radius 3 is 3.00 bits per heavy atom. The van der Waals surface area contributed by atoms with Gasteiger partial charge in [0.1, 0.15) is 0 Å². The van der Waals surface area contributed by atoms with E-state index in [4.69, 9.17) is 0 Å². The van der Waals surface area contributed by atoms with Crippen LogP contribution in [0.5, 0.6) is 0 Å². The number of aromatic nitrogens is 2. The van der Waals surface area contributed by atoms with E-state index in [-0.39, 0.29) is 11.9 Å². The fourth-order valence-corrected chi connectivity index (χ4v) is 2.82. The molecule has 1 saturated heterocycles. The molecule has 6 heteroatoms. The van der Waals surface area contributed by atoms with Crippen LogP contribution in [0.25, 0.3) is 0 Å². The molecular weight excluding hydrogens is 332 g/mol. The predicted molar refractivity (Wildman–Crippen MR) is 84.3 cm³/mol. The van der Waals surface area contributed by atoms with Crippen molar-refractivity contribution < 1.29 is 4.79 Å². The largest absolute Gasteiger partial charge is 0.368 e. The maximum atomic E-state index is 12.2. The highest BCUT2D eigenvalue weighted by atomic mass is 79.9. The zero-order valence-corrected chi connectivity index (χ0v) is 13.0. The van der Waals surface area contributed by atoms with E-state index < -0.39 is 0 Å². The molecule has 2 aromatic heterocycles. The van der Waals surface area contributed by atoms with Crippen molar-refractivity contribution in [1.82, 2.24) is 15.3 Å². The standard InChI is InChI=1S/C15H15BrN4O/c16-12-6-11(7-18-8-12)15(21)19-13-3-5-20(10-13)14-2-1-4-17-9-14/h1-2,4,6-9,13H,3,5,10H2,(H,19,21)/t13-/m0/s1. The summed E-state index contributed by atoms with van der Waals surface area (Å²) in [4.78, 5) is 22.6. The molecule has 0 bridgehead atoms. The molecule has 1 fully saturated rings. The first-order valence-corrected chi connectivity index (χ1v) is 7.58. The highest BCUT2D eigenvalue weighted by Gasteiger charge is 2.24. The van der Waals surface area contributed by atoms with Crippen LogP contribution in [0, 0.1) is 0 Å². The minimum Gasteiger partial charge on any atom is -0.368 e. The van der Waals surface area contributed by atoms with Crippen molar-refractivity contribution in [3.63, 3.8) is 0 Å². The van der Waals surface area contributed by atoms with Crippen LogP contribution in [0.2, 0.25) is 0 Å². The van der Waals surface area contributed by atoms with Crippen molar-refractivity contribution in [1.29, 1.82) is 0 Å². The Morgan fingerprint density at radius 2 is 2.24 bits per heavy atom. The summed E-state index contributed by atoms with van der Waals surface area (Å²) in [5.41, 5.74) is 1.67. The molecule has 1 aliphatic rings. The maximum absolute atomic E-state index is 12.2. The number of nitrogens with one attached hydrogen (secondary N) is 1. The Balaban J connectivity index is 1.61. The Labute approximate surface area is 131 Å². The third-order valence-corrected chi connectivity index (χ3v) is 3.94. The van der Waals surface area contributed by atoms with Gasteiger partial charge in [0, 0.05) is 42.2 Å². The Morgan fingerprint density at radius 1 is 1.33 bits per heavy atom. The van der Waals surface area contributed by atoms with Gasteiger partial charge in [-0.3, -0.25) is 14.8 Å². The lowest BCUT2D eigenvalue weighted by Crippen LogP contribution is -2.37. The molecule has 0 aliphatic carbocycles. The summed E-state index contributed by atoms with van der Waals surface area (Å²) in [6, 6.07) is 5.89. The molecule has 1 atom stereocenters. The minimum atomic E-state index is -0.0816. The Kier molecular flexibility index (Phi) is 4.15. The third-order valence-electron chi connectivity index (χ3n) is 3.50. The van der Waals surface area contributed by atoms with E-state index in [1.165, 1.54) is 0 Å². The summed E-state index contributed by atoms with van der Waals surface area (Å²) in [5, 5.41) is 3.06. The summed E-state index contributed by atoms with van der Waals surface area (Å²) in [5.74, 6) is -0.0816. The molecule has 21 heavy (non-hydrogen) atoms. The van der Waals surface area contributed by atoms with Gasteiger partial charge < -0.3 is 10.2 Å². The number of halogens is 1. The van der Waals surface area contributed by atoms with Crippen molar-refractivity contribution in [2.24, 2.45) is 0 Å². The molecule has 5 nitrogen and oxygen atoms in total. The summed E-state index contributed by atoms with van der Waals surface area (Å²) in [6.45, 7) is 1.73. The quantitative estimate of drug-likeness (QED) is 0.925. The molecule has 1 N–H and O–H groups in total. The topological polar surface area (TPSA) is 58.1 Å². The second-order valence-corrected chi connectivity index (χ2v) is 5.92. The fourth-order valence-electron chi connectivity index (χ4n) is 2.46. The number of anilines is 1. The van der Waals surface area contributed by atoms with E-state index in [0.29, 0.717) is 5.56 Å². The number of hydrogen-bond acceptors (Lipinski definition) is 4. The van der Waals surface area contributed by atoms with Crippen LogP contribution in [0.3, 0.4) is 0 Å². The van der Waals surface area contributed by atoms with Gasteiger partial charge in [0.05, 0.1) is 17.4 Å². The average molecular weight is 347 g/mol. The number of pyridine rings is 2. The molecule has 0 radical (unpaired) electrons. The van der Waals surface area contributed by atoms with Gasteiger partial charge in [-0.25, -0.2) is 0 Å². The molecule has 0 unspecified atom stereocenters. The summed E-state index contributed by atoms with van der Waals surface area (Å²) >= 11 is 3.33. The molecular formula is C15H15BrN4O. The van der Waals surface area contributed by atoms with Gasteiger partial charge in [-0.15, -0.1) is 0 Å². The number of rotatable bonds is 3. The molecule has 1 amide bonds. The van der Waals surface area contributed by atoms with E-state index in [2.05, 4.69) is 36.1 Å². The third kappa shape index (κ3) is 3.39. The number of hydrogen-bond donors (Lipinski definition) is 1. The van der Waals surface area contributed by atoms with Crippen molar-refractivity contribution in [3.05, 3.63) is 53.0 Å². The first-order chi connectivity index (χ1) is 10.2. The molecule has 3 rings (SSSR count). The van der Waals surface area contributed by atoms with Crippen molar-refractivity contribution in [3.8, 4) is 0 Å². The highest BCUT2D eigenvalue weighted by molar-refractivity contribution is 9.10. The summed E-state index contributed by atoms with van der Waals surface area (Å²) in [7, 11) is 0. The van der Waals surface area contributed by atoms with Gasteiger partial charge in [-0.05, 0) is 40.5 Å². The van der Waals surface area contributed by atoms with Crippen LogP contribution in [-0.2, 0) is 0 Å². The molecule has 108 valence electrons. The van der Waals surface area contributed by atoms with Crippen molar-refractivity contribution >= 4 is 27.5 Å². The number of carbonyl (C=O) groups is 1. The Bertz CT molecular complexity index is 635. The molecule has 3 heterocycles. The SMILES string of the molecule is O=C(N[C@H]1CCN(c2cccnc2)C1)c1cncc(Br)c1. The van der Waals surface area contributed by atoms with Gasteiger partial charge in [-0.1, -0.05) is 0 Å². The normalized spacial score (nSPS) is 17.8. The first kappa shape index (κ1) is 14.0. The minimum absolute atomic E-state index is 0.0816. The zero-order valence-electron chi connectivity index (χ0n) is 11.4. The molecule has 0 spiro atoms. The van der Waals surface area contributed by atoms with Gasteiger partial charge >= 0.3 is 0 Å². The van der Waals surface area contributed by atoms with Gasteiger partial charge in [0.2, 0.25) is 0 Å². The molecule has 0 aromatic carbocycles. The number of nitrogens with zero attached hydrogens (tertiary/aromatic N) is 3. The van der Waals surface area contributed by atoms with Gasteiger partial charge in [-0.2, -0.15) is 0 Å². The lowest BCUT2D eigenvalue weighted by atomic mass is 10.2. The highest BCUT2D eigenvalue weighted by Crippen LogP contribution is 2.19. The lowest BCUT2D eigenvalue weighted by Gasteiger charge is -2.18. The summed E-state index contributed by atoms with van der Waals surface area (Å²) in [6.07, 6.45) is 7.79. The fraction of sp³-hybridized carbons (Fsp3) is 0.267. The van der Waals surface area contributed by atoms with E-state index >= 15 is 0 Å². The molecule has 2 aromatic rings. The van der Waals surface area contributed by atoms with Crippen LogP contribution in [0.15, 0.2) is 47.5 Å². The smallest absolute Gasteiger partial charge is 0.253 e. The van der Waals surface area contributed by atoms with Crippen molar-refractivity contribution in [2.75, 3.05) is 18.0 Å². The van der Waals surface area contributed by atoms with E-state index in [1.54, 1.807) is 24.7 Å². The zero-order chi connectivity index (χ0) is 14.7. The van der Waals surface area contributed by atoms with E-state index in [9.17, 15) is 4.79 Å².